The van der Waals surface area contributed by atoms with Crippen LogP contribution in [0.5, 0.6) is 5.75 Å². The number of phenolic OH excluding ortho intramolecular Hbond substituents is 1. The predicted octanol–water partition coefficient (Wildman–Crippen LogP) is 1.47. The highest BCUT2D eigenvalue weighted by atomic mass is 32.2. The minimum atomic E-state index is -3.02. The van der Waals surface area contributed by atoms with E-state index in [4.69, 9.17) is 4.42 Å². The molecule has 1 aromatic carbocycles. The SMILES string of the molecule is Cc1cc(=O)oc2c(CN[C@]3(C)CCS(=O)(=O)C3)c(O)ccc12. The molecule has 1 aliphatic rings. The highest BCUT2D eigenvalue weighted by molar-refractivity contribution is 7.91. The van der Waals surface area contributed by atoms with Crippen LogP contribution in [0.1, 0.15) is 24.5 Å². The number of rotatable bonds is 3. The van der Waals surface area contributed by atoms with Gasteiger partial charge in [0.25, 0.3) is 0 Å². The minimum absolute atomic E-state index is 0.0169. The molecule has 1 aliphatic heterocycles. The van der Waals surface area contributed by atoms with Crippen molar-refractivity contribution in [1.82, 2.24) is 5.32 Å². The van der Waals surface area contributed by atoms with Gasteiger partial charge in [0.15, 0.2) is 9.84 Å². The number of aromatic hydroxyl groups is 1. The summed E-state index contributed by atoms with van der Waals surface area (Å²) in [5, 5.41) is 14.1. The molecule has 0 unspecified atom stereocenters. The number of nitrogens with one attached hydrogen (secondary N) is 1. The van der Waals surface area contributed by atoms with Crippen molar-refractivity contribution in [3.8, 4) is 5.75 Å². The van der Waals surface area contributed by atoms with Crippen LogP contribution in [-0.4, -0.2) is 30.6 Å². The molecule has 0 amide bonds. The zero-order chi connectivity index (χ0) is 16.8. The first-order valence-electron chi connectivity index (χ1n) is 7.40. The van der Waals surface area contributed by atoms with E-state index in [1.807, 2.05) is 6.92 Å². The van der Waals surface area contributed by atoms with Gasteiger partial charge in [0.1, 0.15) is 11.3 Å². The van der Waals surface area contributed by atoms with E-state index >= 15 is 0 Å². The Morgan fingerprint density at radius 3 is 2.78 bits per heavy atom. The topological polar surface area (TPSA) is 96.6 Å². The van der Waals surface area contributed by atoms with E-state index in [2.05, 4.69) is 5.32 Å². The number of aryl methyl sites for hydroxylation is 1. The molecule has 2 heterocycles. The first-order chi connectivity index (χ1) is 10.7. The summed E-state index contributed by atoms with van der Waals surface area (Å²) in [6.07, 6.45) is 0.518. The fraction of sp³-hybridized carbons (Fsp3) is 0.438. The first-order valence-corrected chi connectivity index (χ1v) is 9.22. The second kappa shape index (κ2) is 5.35. The average Bonchev–Trinajstić information content (AvgIpc) is 2.71. The summed E-state index contributed by atoms with van der Waals surface area (Å²) in [6, 6.07) is 4.66. The zero-order valence-electron chi connectivity index (χ0n) is 13.0. The van der Waals surface area contributed by atoms with Crippen LogP contribution in [0, 0.1) is 6.92 Å². The lowest BCUT2D eigenvalue weighted by molar-refractivity contribution is 0.387. The van der Waals surface area contributed by atoms with Crippen LogP contribution in [0.3, 0.4) is 0 Å². The van der Waals surface area contributed by atoms with E-state index in [-0.39, 0.29) is 23.8 Å². The van der Waals surface area contributed by atoms with Crippen LogP contribution >= 0.6 is 0 Å². The monoisotopic (exact) mass is 337 g/mol. The minimum Gasteiger partial charge on any atom is -0.507 e. The third-order valence-corrected chi connectivity index (χ3v) is 6.30. The van der Waals surface area contributed by atoms with Crippen molar-refractivity contribution < 1.29 is 17.9 Å². The number of hydrogen-bond acceptors (Lipinski definition) is 6. The van der Waals surface area contributed by atoms with Crippen molar-refractivity contribution >= 4 is 20.8 Å². The van der Waals surface area contributed by atoms with Gasteiger partial charge in [-0.15, -0.1) is 0 Å². The van der Waals surface area contributed by atoms with E-state index in [1.165, 1.54) is 6.07 Å². The molecule has 7 heteroatoms. The lowest BCUT2D eigenvalue weighted by Gasteiger charge is -2.24. The fourth-order valence-electron chi connectivity index (χ4n) is 3.05. The van der Waals surface area contributed by atoms with Gasteiger partial charge in [-0.3, -0.25) is 0 Å². The number of sulfone groups is 1. The second-order valence-corrected chi connectivity index (χ2v) is 8.63. The molecular weight excluding hydrogens is 318 g/mol. The van der Waals surface area contributed by atoms with Gasteiger partial charge in [-0.05, 0) is 38.0 Å². The number of phenols is 1. The number of fused-ring (bicyclic) bond motifs is 1. The van der Waals surface area contributed by atoms with E-state index in [9.17, 15) is 18.3 Å². The molecule has 1 atom stereocenters. The Balaban J connectivity index is 1.97. The Hall–Kier alpha value is -1.86. The molecule has 0 saturated carbocycles. The van der Waals surface area contributed by atoms with Gasteiger partial charge in [-0.25, -0.2) is 13.2 Å². The molecule has 3 rings (SSSR count). The molecule has 0 aliphatic carbocycles. The Morgan fingerprint density at radius 2 is 2.13 bits per heavy atom. The smallest absolute Gasteiger partial charge is 0.336 e. The van der Waals surface area contributed by atoms with Gasteiger partial charge < -0.3 is 14.8 Å². The first kappa shape index (κ1) is 16.0. The van der Waals surface area contributed by atoms with Crippen molar-refractivity contribution in [3.63, 3.8) is 0 Å². The molecule has 124 valence electrons. The summed E-state index contributed by atoms with van der Waals surface area (Å²) in [4.78, 5) is 11.6. The van der Waals surface area contributed by atoms with Gasteiger partial charge in [-0.2, -0.15) is 0 Å². The van der Waals surface area contributed by atoms with E-state index in [1.54, 1.807) is 19.1 Å². The zero-order valence-corrected chi connectivity index (χ0v) is 13.9. The van der Waals surface area contributed by atoms with Gasteiger partial charge in [0, 0.05) is 23.5 Å². The maximum Gasteiger partial charge on any atom is 0.336 e. The van der Waals surface area contributed by atoms with Crippen molar-refractivity contribution in [2.75, 3.05) is 11.5 Å². The lowest BCUT2D eigenvalue weighted by Crippen LogP contribution is -2.42. The highest BCUT2D eigenvalue weighted by Crippen LogP contribution is 2.30. The fourth-order valence-corrected chi connectivity index (χ4v) is 5.17. The molecule has 2 N–H and O–H groups in total. The molecule has 1 saturated heterocycles. The Bertz CT molecular complexity index is 931. The van der Waals surface area contributed by atoms with Crippen molar-refractivity contribution in [2.24, 2.45) is 0 Å². The van der Waals surface area contributed by atoms with Crippen molar-refractivity contribution in [3.05, 3.63) is 39.7 Å². The predicted molar refractivity (Wildman–Crippen MR) is 87.4 cm³/mol. The van der Waals surface area contributed by atoms with Crippen LogP contribution in [0.25, 0.3) is 11.0 Å². The van der Waals surface area contributed by atoms with Crippen LogP contribution in [-0.2, 0) is 16.4 Å². The van der Waals surface area contributed by atoms with Gasteiger partial charge in [-0.1, -0.05) is 0 Å². The van der Waals surface area contributed by atoms with Crippen LogP contribution in [0.4, 0.5) is 0 Å². The molecule has 0 spiro atoms. The summed E-state index contributed by atoms with van der Waals surface area (Å²) < 4.78 is 28.6. The largest absolute Gasteiger partial charge is 0.507 e. The van der Waals surface area contributed by atoms with Gasteiger partial charge in [0.05, 0.1) is 17.1 Å². The highest BCUT2D eigenvalue weighted by Gasteiger charge is 2.38. The molecule has 0 bridgehead atoms. The normalized spacial score (nSPS) is 23.4. The number of benzene rings is 1. The third kappa shape index (κ3) is 3.11. The molecule has 23 heavy (non-hydrogen) atoms. The quantitative estimate of drug-likeness (QED) is 0.824. The summed E-state index contributed by atoms with van der Waals surface area (Å²) in [7, 11) is -3.02. The Morgan fingerprint density at radius 1 is 1.39 bits per heavy atom. The van der Waals surface area contributed by atoms with Crippen molar-refractivity contribution in [2.45, 2.75) is 32.4 Å². The Labute approximate surface area is 134 Å². The standard InChI is InChI=1S/C16H19NO5S/c1-10-7-14(19)22-15-11(10)3-4-13(18)12(15)8-17-16(2)5-6-23(20,21)9-16/h3-4,7,17-18H,5-6,8-9H2,1-2H3/t16-/m1/s1. The third-order valence-electron chi connectivity index (χ3n) is 4.39. The Kier molecular flexibility index (Phi) is 3.72. The van der Waals surface area contributed by atoms with E-state index in [0.717, 1.165) is 10.9 Å². The summed E-state index contributed by atoms with van der Waals surface area (Å²) in [5.74, 6) is 0.240. The van der Waals surface area contributed by atoms with Crippen LogP contribution < -0.4 is 10.9 Å². The maximum absolute atomic E-state index is 11.7. The van der Waals surface area contributed by atoms with Gasteiger partial charge in [0.2, 0.25) is 0 Å². The molecule has 0 radical (unpaired) electrons. The summed E-state index contributed by atoms with van der Waals surface area (Å²) in [5.41, 5.74) is 0.557. The molecule has 6 nitrogen and oxygen atoms in total. The lowest BCUT2D eigenvalue weighted by atomic mass is 10.0. The second-order valence-electron chi connectivity index (χ2n) is 6.44. The average molecular weight is 337 g/mol. The van der Waals surface area contributed by atoms with Gasteiger partial charge >= 0.3 is 5.63 Å². The van der Waals surface area contributed by atoms with E-state index < -0.39 is 21.0 Å². The molecular formula is C16H19NO5S. The van der Waals surface area contributed by atoms with E-state index in [0.29, 0.717) is 17.6 Å². The number of hydrogen-bond donors (Lipinski definition) is 2. The van der Waals surface area contributed by atoms with Crippen LogP contribution in [0.2, 0.25) is 0 Å². The molecule has 1 fully saturated rings. The molecule has 2 aromatic rings. The maximum atomic E-state index is 11.7. The van der Waals surface area contributed by atoms with Crippen LogP contribution in [0.15, 0.2) is 27.4 Å². The van der Waals surface area contributed by atoms with Crippen molar-refractivity contribution in [1.29, 1.82) is 0 Å². The summed E-state index contributed by atoms with van der Waals surface area (Å²) in [6.45, 7) is 3.88. The molecule has 1 aromatic heterocycles. The summed E-state index contributed by atoms with van der Waals surface area (Å²) >= 11 is 0.